The van der Waals surface area contributed by atoms with Crippen LogP contribution in [0, 0.1) is 0 Å². The number of benzene rings is 1. The molecule has 0 saturated heterocycles. The first kappa shape index (κ1) is 13.4. The summed E-state index contributed by atoms with van der Waals surface area (Å²) in [5.41, 5.74) is 0.549. The fraction of sp³-hybridized carbons (Fsp3) is 0.312. The van der Waals surface area contributed by atoms with Crippen molar-refractivity contribution in [2.75, 3.05) is 6.61 Å². The van der Waals surface area contributed by atoms with E-state index in [-0.39, 0.29) is 5.78 Å². The Morgan fingerprint density at radius 1 is 1.16 bits per heavy atom. The minimum absolute atomic E-state index is 0.133. The summed E-state index contributed by atoms with van der Waals surface area (Å²) >= 11 is 0. The Labute approximate surface area is 113 Å². The molecule has 0 saturated carbocycles. The van der Waals surface area contributed by atoms with Gasteiger partial charge in [-0.05, 0) is 30.7 Å². The molecule has 19 heavy (non-hydrogen) atoms. The minimum Gasteiger partial charge on any atom is -0.493 e. The number of hydrogen-bond donors (Lipinski definition) is 0. The van der Waals surface area contributed by atoms with Crippen molar-refractivity contribution in [3.05, 3.63) is 53.5 Å². The van der Waals surface area contributed by atoms with Gasteiger partial charge in [0.05, 0.1) is 12.2 Å². The summed E-state index contributed by atoms with van der Waals surface area (Å²) in [6.45, 7) is 4.62. The van der Waals surface area contributed by atoms with Crippen molar-refractivity contribution >= 4 is 5.78 Å². The summed E-state index contributed by atoms with van der Waals surface area (Å²) < 4.78 is 11.1. The van der Waals surface area contributed by atoms with Crippen LogP contribution in [0.1, 0.15) is 42.1 Å². The van der Waals surface area contributed by atoms with Gasteiger partial charge in [0.25, 0.3) is 0 Å². The van der Waals surface area contributed by atoms with Gasteiger partial charge in [0, 0.05) is 6.42 Å². The molecule has 1 aromatic heterocycles. The summed E-state index contributed by atoms with van der Waals surface area (Å²) in [5.74, 6) is 1.66. The zero-order chi connectivity index (χ0) is 13.7. The second kappa shape index (κ2) is 6.23. The number of furan rings is 1. The molecule has 1 heterocycles. The lowest BCUT2D eigenvalue weighted by Crippen LogP contribution is -2.05. The number of carbonyl (C=O) groups is 1. The molecule has 0 aliphatic heterocycles. The van der Waals surface area contributed by atoms with Gasteiger partial charge in [-0.1, -0.05) is 26.0 Å². The Balaban J connectivity index is 2.27. The monoisotopic (exact) mass is 258 g/mol. The van der Waals surface area contributed by atoms with Crippen LogP contribution in [-0.2, 0) is 6.42 Å². The van der Waals surface area contributed by atoms with Crippen molar-refractivity contribution < 1.29 is 13.9 Å². The molecule has 0 unspecified atom stereocenters. The highest BCUT2D eigenvalue weighted by molar-refractivity contribution is 6.09. The highest BCUT2D eigenvalue weighted by Gasteiger charge is 2.17. The van der Waals surface area contributed by atoms with Crippen molar-refractivity contribution in [2.24, 2.45) is 0 Å². The average Bonchev–Trinajstić information content (AvgIpc) is 2.93. The Bertz CT molecular complexity index is 555. The molecule has 2 rings (SSSR count). The van der Waals surface area contributed by atoms with Crippen molar-refractivity contribution in [3.63, 3.8) is 0 Å². The van der Waals surface area contributed by atoms with Gasteiger partial charge >= 0.3 is 0 Å². The van der Waals surface area contributed by atoms with Crippen LogP contribution in [0.2, 0.25) is 0 Å². The Morgan fingerprint density at radius 2 is 1.95 bits per heavy atom. The molecule has 3 nitrogen and oxygen atoms in total. The molecule has 0 spiro atoms. The first-order valence-electron chi connectivity index (χ1n) is 6.61. The second-order valence-corrected chi connectivity index (χ2v) is 4.29. The molecule has 0 aliphatic carbocycles. The molecule has 0 N–H and O–H groups in total. The summed E-state index contributed by atoms with van der Waals surface area (Å²) in [5, 5.41) is 0. The van der Waals surface area contributed by atoms with Crippen LogP contribution >= 0.6 is 0 Å². The maximum Gasteiger partial charge on any atom is 0.231 e. The number of para-hydroxylation sites is 1. The van der Waals surface area contributed by atoms with Crippen molar-refractivity contribution in [1.29, 1.82) is 0 Å². The third-order valence-electron chi connectivity index (χ3n) is 2.83. The van der Waals surface area contributed by atoms with Crippen LogP contribution in [0.3, 0.4) is 0 Å². The van der Waals surface area contributed by atoms with Crippen LogP contribution in [0.15, 0.2) is 40.8 Å². The van der Waals surface area contributed by atoms with Gasteiger partial charge in [-0.3, -0.25) is 4.79 Å². The molecule has 0 atom stereocenters. The number of rotatable bonds is 6. The van der Waals surface area contributed by atoms with Crippen LogP contribution < -0.4 is 4.74 Å². The fourth-order valence-corrected chi connectivity index (χ4v) is 1.81. The van der Waals surface area contributed by atoms with Crippen LogP contribution in [0.4, 0.5) is 0 Å². The molecule has 0 bridgehead atoms. The lowest BCUT2D eigenvalue weighted by molar-refractivity contribution is 0.100. The van der Waals surface area contributed by atoms with E-state index in [1.807, 2.05) is 38.1 Å². The van der Waals surface area contributed by atoms with Crippen LogP contribution in [0.5, 0.6) is 5.75 Å². The predicted octanol–water partition coefficient (Wildman–Crippen LogP) is 3.86. The van der Waals surface area contributed by atoms with Crippen LogP contribution in [-0.4, -0.2) is 12.4 Å². The standard InChI is InChI=1S/C16H18O3/c1-3-11-18-14-8-6-5-7-13(14)16(17)15-10-9-12(4-2)19-15/h5-10H,3-4,11H2,1-2H3. The quantitative estimate of drug-likeness (QED) is 0.738. The van der Waals surface area contributed by atoms with Gasteiger partial charge in [-0.25, -0.2) is 0 Å². The van der Waals surface area contributed by atoms with E-state index in [0.29, 0.717) is 23.7 Å². The van der Waals surface area contributed by atoms with E-state index >= 15 is 0 Å². The lowest BCUT2D eigenvalue weighted by Gasteiger charge is -2.08. The molecule has 0 aliphatic rings. The van der Waals surface area contributed by atoms with Gasteiger partial charge in [0.2, 0.25) is 5.78 Å². The van der Waals surface area contributed by atoms with Crippen molar-refractivity contribution in [3.8, 4) is 5.75 Å². The van der Waals surface area contributed by atoms with E-state index in [1.54, 1.807) is 12.1 Å². The molecule has 1 aromatic carbocycles. The Hall–Kier alpha value is -2.03. The maximum absolute atomic E-state index is 12.4. The summed E-state index contributed by atoms with van der Waals surface area (Å²) in [6.07, 6.45) is 1.69. The number of ether oxygens (including phenoxy) is 1. The minimum atomic E-state index is -0.133. The number of ketones is 1. The van der Waals surface area contributed by atoms with Gasteiger partial charge in [-0.15, -0.1) is 0 Å². The fourth-order valence-electron chi connectivity index (χ4n) is 1.81. The molecule has 0 radical (unpaired) electrons. The summed E-state index contributed by atoms with van der Waals surface area (Å²) in [4.78, 5) is 12.4. The molecule has 0 amide bonds. The first-order chi connectivity index (χ1) is 9.26. The number of carbonyl (C=O) groups excluding carboxylic acids is 1. The van der Waals surface area contributed by atoms with E-state index in [1.165, 1.54) is 0 Å². The molecule has 100 valence electrons. The highest BCUT2D eigenvalue weighted by Crippen LogP contribution is 2.22. The normalized spacial score (nSPS) is 10.4. The van der Waals surface area contributed by atoms with Crippen LogP contribution in [0.25, 0.3) is 0 Å². The van der Waals surface area contributed by atoms with E-state index in [2.05, 4.69) is 0 Å². The summed E-state index contributed by atoms with van der Waals surface area (Å²) in [7, 11) is 0. The predicted molar refractivity (Wildman–Crippen MR) is 73.7 cm³/mol. The molecule has 2 aromatic rings. The average molecular weight is 258 g/mol. The van der Waals surface area contributed by atoms with Gasteiger partial charge in [-0.2, -0.15) is 0 Å². The van der Waals surface area contributed by atoms with Crippen molar-refractivity contribution in [2.45, 2.75) is 26.7 Å². The van der Waals surface area contributed by atoms with E-state index in [0.717, 1.165) is 18.6 Å². The molecular formula is C16H18O3. The zero-order valence-corrected chi connectivity index (χ0v) is 11.3. The summed E-state index contributed by atoms with van der Waals surface area (Å²) in [6, 6.07) is 10.8. The Morgan fingerprint density at radius 3 is 2.63 bits per heavy atom. The van der Waals surface area contributed by atoms with E-state index in [9.17, 15) is 4.79 Å². The molecule has 3 heteroatoms. The third kappa shape index (κ3) is 3.05. The molecule has 0 fully saturated rings. The van der Waals surface area contributed by atoms with Crippen molar-refractivity contribution in [1.82, 2.24) is 0 Å². The number of aryl methyl sites for hydroxylation is 1. The van der Waals surface area contributed by atoms with Gasteiger partial charge < -0.3 is 9.15 Å². The van der Waals surface area contributed by atoms with Gasteiger partial charge in [0.1, 0.15) is 11.5 Å². The van der Waals surface area contributed by atoms with E-state index in [4.69, 9.17) is 9.15 Å². The van der Waals surface area contributed by atoms with E-state index < -0.39 is 0 Å². The SMILES string of the molecule is CCCOc1ccccc1C(=O)c1ccc(CC)o1. The largest absolute Gasteiger partial charge is 0.493 e. The smallest absolute Gasteiger partial charge is 0.231 e. The molecular weight excluding hydrogens is 240 g/mol. The number of hydrogen-bond acceptors (Lipinski definition) is 3. The highest BCUT2D eigenvalue weighted by atomic mass is 16.5. The van der Waals surface area contributed by atoms with Gasteiger partial charge in [0.15, 0.2) is 5.76 Å². The second-order valence-electron chi connectivity index (χ2n) is 4.29. The topological polar surface area (TPSA) is 39.4 Å². The zero-order valence-electron chi connectivity index (χ0n) is 11.3. The lowest BCUT2D eigenvalue weighted by atomic mass is 10.1. The maximum atomic E-state index is 12.4. The Kier molecular flexibility index (Phi) is 4.39. The first-order valence-corrected chi connectivity index (χ1v) is 6.61. The third-order valence-corrected chi connectivity index (χ3v) is 2.83.